The number of likely N-dealkylation sites (N-methyl/N-ethyl adjacent to an activating group) is 3. The van der Waals surface area contributed by atoms with Gasteiger partial charge in [-0.3, -0.25) is 5.84 Å². The van der Waals surface area contributed by atoms with Crippen LogP contribution in [0.15, 0.2) is 0 Å². The number of hydrogen-bond donors (Lipinski definition) is 8. The zero-order valence-corrected chi connectivity index (χ0v) is 14.6. The maximum Gasteiger partial charge on any atom is 0.0911 e. The lowest BCUT2D eigenvalue weighted by Crippen LogP contribution is -2.35. The van der Waals surface area contributed by atoms with Crippen molar-refractivity contribution in [1.82, 2.24) is 15.2 Å². The highest BCUT2D eigenvalue weighted by Gasteiger charge is 2.01. The number of hydrogen-bond acceptors (Lipinski definition) is 10. The van der Waals surface area contributed by atoms with Crippen LogP contribution in [0.3, 0.4) is 0 Å². The maximum atomic E-state index is 8.74. The molecule has 0 radical (unpaired) electrons. The molecule has 3 atom stereocenters. The van der Waals surface area contributed by atoms with Gasteiger partial charge >= 0.3 is 0 Å². The van der Waals surface area contributed by atoms with Crippen molar-refractivity contribution in [2.24, 2.45) is 5.84 Å². The van der Waals surface area contributed by atoms with E-state index in [-0.39, 0.29) is 19.8 Å². The molecule has 9 N–H and O–H groups in total. The summed E-state index contributed by atoms with van der Waals surface area (Å²) in [5.74, 6) is 5.13. The summed E-state index contributed by atoms with van der Waals surface area (Å²) in [6.07, 6.45) is -1.92. The average molecular weight is 344 g/mol. The second kappa shape index (κ2) is 19.6. The van der Waals surface area contributed by atoms with E-state index < -0.39 is 18.3 Å². The molecule has 0 amide bonds. The minimum absolute atomic E-state index is 0.155. The van der Waals surface area contributed by atoms with Gasteiger partial charge in [-0.1, -0.05) is 0 Å². The summed E-state index contributed by atoms with van der Waals surface area (Å²) in [5.41, 5.74) is 0. The van der Waals surface area contributed by atoms with Crippen LogP contribution in [0.2, 0.25) is 0 Å². The van der Waals surface area contributed by atoms with Gasteiger partial charge in [0.25, 0.3) is 0 Å². The average Bonchev–Trinajstić information content (AvgIpc) is 2.47. The number of nitrogens with one attached hydrogen (secondary N) is 1. The Hall–Kier alpha value is -0.400. The quantitative estimate of drug-likeness (QED) is 0.151. The van der Waals surface area contributed by atoms with Crippen LogP contribution in [0.5, 0.6) is 0 Å². The SMILES string of the molecule is CN(C)C[C@H](O)CO.CN(N)C[C@H](O)CO.CNC[C@H](O)CO. The van der Waals surface area contributed by atoms with Gasteiger partial charge in [-0.15, -0.1) is 0 Å². The van der Waals surface area contributed by atoms with Crippen LogP contribution in [0.4, 0.5) is 0 Å². The first-order chi connectivity index (χ1) is 10.6. The van der Waals surface area contributed by atoms with Crippen LogP contribution in [-0.2, 0) is 0 Å². The molecule has 0 saturated heterocycles. The molecule has 0 bridgehead atoms. The van der Waals surface area contributed by atoms with Crippen molar-refractivity contribution in [3.05, 3.63) is 0 Å². The minimum atomic E-state index is -0.718. The molecule has 0 rings (SSSR count). The summed E-state index contributed by atoms with van der Waals surface area (Å²) in [6, 6.07) is 0. The summed E-state index contributed by atoms with van der Waals surface area (Å²) >= 11 is 0. The van der Waals surface area contributed by atoms with Gasteiger partial charge in [-0.2, -0.15) is 0 Å². The lowest BCUT2D eigenvalue weighted by Gasteiger charge is -2.12. The van der Waals surface area contributed by atoms with Gasteiger partial charge in [0, 0.05) is 26.7 Å². The molecule has 0 aliphatic carbocycles. The first-order valence-corrected chi connectivity index (χ1v) is 7.26. The molecule has 0 saturated carbocycles. The van der Waals surface area contributed by atoms with Gasteiger partial charge in [0.1, 0.15) is 0 Å². The number of nitrogens with two attached hydrogens (primary N) is 1. The zero-order chi connectivity index (χ0) is 18.8. The van der Waals surface area contributed by atoms with Gasteiger partial charge in [-0.05, 0) is 21.1 Å². The Morgan fingerprint density at radius 3 is 1.35 bits per heavy atom. The molecule has 0 aliphatic heterocycles. The number of aliphatic hydroxyl groups excluding tert-OH is 6. The highest BCUT2D eigenvalue weighted by atomic mass is 16.3. The van der Waals surface area contributed by atoms with E-state index in [0.29, 0.717) is 19.6 Å². The molecule has 0 aliphatic rings. The van der Waals surface area contributed by atoms with Crippen molar-refractivity contribution in [3.8, 4) is 0 Å². The molecule has 10 heteroatoms. The fourth-order valence-electron chi connectivity index (χ4n) is 1.17. The van der Waals surface area contributed by atoms with Crippen LogP contribution in [-0.4, -0.2) is 127 Å². The van der Waals surface area contributed by atoms with E-state index in [9.17, 15) is 0 Å². The predicted octanol–water partition coefficient (Wildman–Crippen LogP) is -4.39. The molecule has 23 heavy (non-hydrogen) atoms. The van der Waals surface area contributed by atoms with E-state index in [1.807, 2.05) is 19.0 Å². The lowest BCUT2D eigenvalue weighted by molar-refractivity contribution is 0.0667. The van der Waals surface area contributed by atoms with E-state index in [4.69, 9.17) is 36.5 Å². The van der Waals surface area contributed by atoms with E-state index in [0.717, 1.165) is 0 Å². The summed E-state index contributed by atoms with van der Waals surface area (Å²) in [7, 11) is 7.04. The van der Waals surface area contributed by atoms with Crippen molar-refractivity contribution < 1.29 is 30.6 Å². The van der Waals surface area contributed by atoms with Crippen molar-refractivity contribution in [2.45, 2.75) is 18.3 Å². The Morgan fingerprint density at radius 2 is 1.22 bits per heavy atom. The molecule has 0 heterocycles. The van der Waals surface area contributed by atoms with Gasteiger partial charge < -0.3 is 40.9 Å². The van der Waals surface area contributed by atoms with Crippen molar-refractivity contribution in [2.75, 3.05) is 67.6 Å². The maximum absolute atomic E-state index is 8.74. The second-order valence-electron chi connectivity index (χ2n) is 5.27. The van der Waals surface area contributed by atoms with Gasteiger partial charge in [0.05, 0.1) is 38.1 Å². The molecular weight excluding hydrogens is 308 g/mol. The Balaban J connectivity index is -0.000000262. The smallest absolute Gasteiger partial charge is 0.0911 e. The van der Waals surface area contributed by atoms with Crippen molar-refractivity contribution in [3.63, 3.8) is 0 Å². The summed E-state index contributed by atoms with van der Waals surface area (Å²) in [4.78, 5) is 1.82. The molecule has 0 spiro atoms. The third-order valence-electron chi connectivity index (χ3n) is 2.15. The first-order valence-electron chi connectivity index (χ1n) is 7.26. The molecule has 0 fully saturated rings. The summed E-state index contributed by atoms with van der Waals surface area (Å²) < 4.78 is 0. The van der Waals surface area contributed by atoms with E-state index in [1.165, 1.54) is 5.01 Å². The van der Waals surface area contributed by atoms with Gasteiger partial charge in [0.2, 0.25) is 0 Å². The third-order valence-corrected chi connectivity index (χ3v) is 2.15. The van der Waals surface area contributed by atoms with Crippen LogP contribution in [0.1, 0.15) is 0 Å². The molecule has 0 aromatic rings. The van der Waals surface area contributed by atoms with Crippen LogP contribution >= 0.6 is 0 Å². The van der Waals surface area contributed by atoms with Crippen LogP contribution < -0.4 is 11.2 Å². The lowest BCUT2D eigenvalue weighted by atomic mass is 10.4. The molecule has 10 nitrogen and oxygen atoms in total. The fourth-order valence-corrected chi connectivity index (χ4v) is 1.17. The topological polar surface area (TPSA) is 166 Å². The second-order valence-corrected chi connectivity index (χ2v) is 5.27. The van der Waals surface area contributed by atoms with E-state index in [1.54, 1.807) is 14.1 Å². The Labute approximate surface area is 138 Å². The Bertz CT molecular complexity index is 209. The van der Waals surface area contributed by atoms with Crippen LogP contribution in [0, 0.1) is 0 Å². The van der Waals surface area contributed by atoms with E-state index in [2.05, 4.69) is 5.32 Å². The highest BCUT2D eigenvalue weighted by Crippen LogP contribution is 1.81. The number of nitrogens with zero attached hydrogens (tertiary/aromatic N) is 2. The fraction of sp³-hybridized carbons (Fsp3) is 1.00. The molecule has 144 valence electrons. The van der Waals surface area contributed by atoms with Crippen molar-refractivity contribution in [1.29, 1.82) is 0 Å². The van der Waals surface area contributed by atoms with Crippen molar-refractivity contribution >= 4 is 0 Å². The van der Waals surface area contributed by atoms with Gasteiger partial charge in [-0.25, -0.2) is 5.01 Å². The largest absolute Gasteiger partial charge is 0.394 e. The number of rotatable bonds is 9. The Kier molecular flexibility index (Phi) is 23.4. The zero-order valence-electron chi connectivity index (χ0n) is 14.6. The monoisotopic (exact) mass is 344 g/mol. The van der Waals surface area contributed by atoms with Crippen LogP contribution in [0.25, 0.3) is 0 Å². The minimum Gasteiger partial charge on any atom is -0.394 e. The summed E-state index contributed by atoms with van der Waals surface area (Å²) in [6.45, 7) is 0.726. The third kappa shape index (κ3) is 30.1. The number of aliphatic hydroxyl groups is 6. The standard InChI is InChI=1S/C5H13NO2.C4H12N2O2.C4H11NO2/c1-6(2)3-5(8)4-7;1-6(5)2-4(8)3-7;1-5-2-4(7)3-6/h5,7-8H,3-4H2,1-2H3;4,7-8H,2-3,5H2,1H3;4-7H,2-3H2,1H3/t5-;2*4-/m000/s1. The molecule has 0 unspecified atom stereocenters. The summed E-state index contributed by atoms with van der Waals surface area (Å²) in [5, 5.41) is 54.7. The highest BCUT2D eigenvalue weighted by molar-refractivity contribution is 4.54. The predicted molar refractivity (Wildman–Crippen MR) is 88.6 cm³/mol. The first kappa shape index (κ1) is 27.4. The van der Waals surface area contributed by atoms with Gasteiger partial charge in [0.15, 0.2) is 0 Å². The molecule has 0 aromatic carbocycles. The van der Waals surface area contributed by atoms with E-state index >= 15 is 0 Å². The molecule has 0 aromatic heterocycles. The Morgan fingerprint density at radius 1 is 0.826 bits per heavy atom. The number of hydrazine groups is 1. The molecular formula is C13H36N4O6. The normalized spacial score (nSPS) is 14.5.